The van der Waals surface area contributed by atoms with Crippen molar-refractivity contribution in [3.63, 3.8) is 0 Å². The van der Waals surface area contributed by atoms with Crippen molar-refractivity contribution in [2.75, 3.05) is 14.1 Å². The van der Waals surface area contributed by atoms with Gasteiger partial charge in [-0.2, -0.15) is 0 Å². The van der Waals surface area contributed by atoms with Crippen LogP contribution in [-0.4, -0.2) is 20.0 Å². The molecule has 0 spiro atoms. The summed E-state index contributed by atoms with van der Waals surface area (Å²) >= 11 is 5.92. The third-order valence-corrected chi connectivity index (χ3v) is 3.63. The molecule has 1 amide bonds. The summed E-state index contributed by atoms with van der Waals surface area (Å²) in [6.07, 6.45) is 3.29. The van der Waals surface area contributed by atoms with E-state index in [4.69, 9.17) is 11.6 Å². The summed E-state index contributed by atoms with van der Waals surface area (Å²) in [7, 11) is 4.23. The van der Waals surface area contributed by atoms with Crippen molar-refractivity contribution in [2.24, 2.45) is 0 Å². The van der Waals surface area contributed by atoms with Gasteiger partial charge in [0.05, 0.1) is 14.1 Å². The molecule has 120 valence electrons. The van der Waals surface area contributed by atoms with Gasteiger partial charge < -0.3 is 10.2 Å². The van der Waals surface area contributed by atoms with E-state index in [1.54, 1.807) is 6.08 Å². The van der Waals surface area contributed by atoms with Crippen molar-refractivity contribution in [1.82, 2.24) is 5.32 Å². The molecule has 2 aromatic carbocycles. The van der Waals surface area contributed by atoms with Crippen molar-refractivity contribution in [3.05, 3.63) is 76.3 Å². The molecule has 2 aromatic rings. The topological polar surface area (TPSA) is 33.5 Å². The van der Waals surface area contributed by atoms with Crippen LogP contribution in [-0.2, 0) is 17.9 Å². The van der Waals surface area contributed by atoms with Crippen molar-refractivity contribution in [3.8, 4) is 0 Å². The number of rotatable bonds is 6. The Kier molecular flexibility index (Phi) is 6.39. The van der Waals surface area contributed by atoms with E-state index in [1.165, 1.54) is 16.5 Å². The van der Waals surface area contributed by atoms with Crippen LogP contribution >= 0.6 is 11.6 Å². The Hall–Kier alpha value is -2.10. The SMILES string of the molecule is C[NH+](C)Cc1ccccc1CNC(=O)/C=C/c1cccc(Cl)c1. The van der Waals surface area contributed by atoms with Crippen molar-refractivity contribution < 1.29 is 9.69 Å². The average Bonchev–Trinajstić information content (AvgIpc) is 2.51. The summed E-state index contributed by atoms with van der Waals surface area (Å²) in [5.74, 6) is -0.114. The first-order valence-corrected chi connectivity index (χ1v) is 7.99. The Balaban J connectivity index is 1.94. The molecule has 0 fully saturated rings. The molecule has 0 aliphatic carbocycles. The van der Waals surface area contributed by atoms with Gasteiger partial charge in [-0.25, -0.2) is 0 Å². The van der Waals surface area contributed by atoms with Crippen LogP contribution in [0, 0.1) is 0 Å². The molecular formula is C19H22ClN2O+. The Labute approximate surface area is 142 Å². The summed E-state index contributed by atoms with van der Waals surface area (Å²) < 4.78 is 0. The van der Waals surface area contributed by atoms with Crippen LogP contribution in [0.15, 0.2) is 54.6 Å². The number of halogens is 1. The number of hydrogen-bond donors (Lipinski definition) is 2. The molecule has 0 radical (unpaired) electrons. The zero-order valence-electron chi connectivity index (χ0n) is 13.5. The second-order valence-electron chi connectivity index (χ2n) is 5.76. The Morgan fingerprint density at radius 2 is 1.87 bits per heavy atom. The lowest BCUT2D eigenvalue weighted by atomic mass is 10.1. The Bertz CT molecular complexity index is 695. The Morgan fingerprint density at radius 3 is 2.57 bits per heavy atom. The van der Waals surface area contributed by atoms with E-state index in [0.717, 1.165) is 17.7 Å². The van der Waals surface area contributed by atoms with Crippen LogP contribution in [0.2, 0.25) is 5.02 Å². The monoisotopic (exact) mass is 329 g/mol. The van der Waals surface area contributed by atoms with Gasteiger partial charge in [-0.05, 0) is 29.3 Å². The van der Waals surface area contributed by atoms with Gasteiger partial charge in [0.25, 0.3) is 0 Å². The quantitative estimate of drug-likeness (QED) is 0.784. The fourth-order valence-electron chi connectivity index (χ4n) is 2.31. The molecule has 0 atom stereocenters. The fraction of sp³-hybridized carbons (Fsp3) is 0.211. The number of carbonyl (C=O) groups is 1. The van der Waals surface area contributed by atoms with Crippen LogP contribution in [0.25, 0.3) is 6.08 Å². The number of benzene rings is 2. The third kappa shape index (κ3) is 5.89. The fourth-order valence-corrected chi connectivity index (χ4v) is 2.51. The molecule has 0 saturated heterocycles. The molecule has 0 aromatic heterocycles. The zero-order chi connectivity index (χ0) is 16.7. The van der Waals surface area contributed by atoms with E-state index < -0.39 is 0 Å². The average molecular weight is 330 g/mol. The highest BCUT2D eigenvalue weighted by molar-refractivity contribution is 6.30. The maximum absolute atomic E-state index is 12.0. The molecule has 0 bridgehead atoms. The first-order valence-electron chi connectivity index (χ1n) is 7.62. The minimum atomic E-state index is -0.114. The van der Waals surface area contributed by atoms with Crippen LogP contribution in [0.5, 0.6) is 0 Å². The highest BCUT2D eigenvalue weighted by Crippen LogP contribution is 2.12. The first-order chi connectivity index (χ1) is 11.0. The van der Waals surface area contributed by atoms with E-state index in [1.807, 2.05) is 36.4 Å². The standard InChI is InChI=1S/C19H21ClN2O/c1-22(2)14-17-8-4-3-7-16(17)13-21-19(23)11-10-15-6-5-9-18(20)12-15/h3-12H,13-14H2,1-2H3,(H,21,23)/p+1/b11-10+. The molecule has 3 nitrogen and oxygen atoms in total. The smallest absolute Gasteiger partial charge is 0.244 e. The second kappa shape index (κ2) is 8.51. The van der Waals surface area contributed by atoms with Crippen molar-refractivity contribution >= 4 is 23.6 Å². The molecule has 4 heteroatoms. The van der Waals surface area contributed by atoms with Gasteiger partial charge in [0.15, 0.2) is 0 Å². The summed E-state index contributed by atoms with van der Waals surface area (Å²) in [4.78, 5) is 13.3. The number of quaternary nitrogens is 1. The molecule has 0 unspecified atom stereocenters. The van der Waals surface area contributed by atoms with Gasteiger partial charge in [-0.1, -0.05) is 48.0 Å². The van der Waals surface area contributed by atoms with Crippen molar-refractivity contribution in [1.29, 1.82) is 0 Å². The normalized spacial score (nSPS) is 11.1. The predicted octanol–water partition coefficient (Wildman–Crippen LogP) is 2.31. The van der Waals surface area contributed by atoms with Crippen LogP contribution in [0.1, 0.15) is 16.7 Å². The van der Waals surface area contributed by atoms with Crippen molar-refractivity contribution in [2.45, 2.75) is 13.1 Å². The second-order valence-corrected chi connectivity index (χ2v) is 6.20. The largest absolute Gasteiger partial charge is 0.348 e. The highest BCUT2D eigenvalue weighted by atomic mass is 35.5. The van der Waals surface area contributed by atoms with Gasteiger partial charge in [-0.15, -0.1) is 0 Å². The van der Waals surface area contributed by atoms with Crippen LogP contribution in [0.4, 0.5) is 0 Å². The number of hydrogen-bond acceptors (Lipinski definition) is 1. The first kappa shape index (κ1) is 17.3. The van der Waals surface area contributed by atoms with Gasteiger partial charge in [0, 0.05) is 23.2 Å². The lowest BCUT2D eigenvalue weighted by Crippen LogP contribution is -3.04. The van der Waals surface area contributed by atoms with E-state index in [-0.39, 0.29) is 5.91 Å². The minimum Gasteiger partial charge on any atom is -0.348 e. The maximum Gasteiger partial charge on any atom is 0.244 e. The summed E-state index contributed by atoms with van der Waals surface area (Å²) in [6.45, 7) is 1.46. The number of nitrogens with one attached hydrogen (secondary N) is 2. The molecule has 0 aliphatic heterocycles. The molecule has 23 heavy (non-hydrogen) atoms. The number of amides is 1. The number of carbonyl (C=O) groups excluding carboxylic acids is 1. The molecule has 0 heterocycles. The molecule has 2 N–H and O–H groups in total. The third-order valence-electron chi connectivity index (χ3n) is 3.39. The van der Waals surface area contributed by atoms with Gasteiger partial charge in [0.2, 0.25) is 5.91 Å². The minimum absolute atomic E-state index is 0.114. The maximum atomic E-state index is 12.0. The Morgan fingerprint density at radius 1 is 1.13 bits per heavy atom. The summed E-state index contributed by atoms with van der Waals surface area (Å²) in [5.41, 5.74) is 3.31. The molecule has 0 aliphatic rings. The highest BCUT2D eigenvalue weighted by Gasteiger charge is 2.05. The lowest BCUT2D eigenvalue weighted by molar-refractivity contribution is -0.872. The summed E-state index contributed by atoms with van der Waals surface area (Å²) in [5, 5.41) is 3.59. The molecular weight excluding hydrogens is 308 g/mol. The zero-order valence-corrected chi connectivity index (χ0v) is 14.2. The van der Waals surface area contributed by atoms with Crippen LogP contribution < -0.4 is 10.2 Å². The van der Waals surface area contributed by atoms with Gasteiger partial charge in [-0.3, -0.25) is 4.79 Å². The molecule has 0 saturated carbocycles. The lowest BCUT2D eigenvalue weighted by Gasteiger charge is -2.12. The van der Waals surface area contributed by atoms with E-state index in [2.05, 4.69) is 31.5 Å². The predicted molar refractivity (Wildman–Crippen MR) is 95.3 cm³/mol. The summed E-state index contributed by atoms with van der Waals surface area (Å²) in [6, 6.07) is 15.6. The van der Waals surface area contributed by atoms with Gasteiger partial charge in [0.1, 0.15) is 6.54 Å². The van der Waals surface area contributed by atoms with E-state index in [9.17, 15) is 4.79 Å². The van der Waals surface area contributed by atoms with Crippen LogP contribution in [0.3, 0.4) is 0 Å². The van der Waals surface area contributed by atoms with Gasteiger partial charge >= 0.3 is 0 Å². The van der Waals surface area contributed by atoms with E-state index in [0.29, 0.717) is 11.6 Å². The van der Waals surface area contributed by atoms with E-state index >= 15 is 0 Å². The molecule has 2 rings (SSSR count).